The SMILES string of the molecule is COc1cnn(C)c1C(N)C1(N2CCOCC2)CCCC1. The zero-order valence-electron chi connectivity index (χ0n) is 13.0. The number of methoxy groups -OCH3 is 1. The maximum atomic E-state index is 6.76. The minimum atomic E-state index is -0.0828. The number of hydrogen-bond donors (Lipinski definition) is 1. The third kappa shape index (κ3) is 2.45. The van der Waals surface area contributed by atoms with Gasteiger partial charge in [-0.25, -0.2) is 0 Å². The molecule has 1 aliphatic heterocycles. The van der Waals surface area contributed by atoms with Gasteiger partial charge in [-0.15, -0.1) is 0 Å². The molecule has 1 saturated heterocycles. The molecule has 21 heavy (non-hydrogen) atoms. The molecule has 6 nitrogen and oxygen atoms in total. The largest absolute Gasteiger partial charge is 0.493 e. The van der Waals surface area contributed by atoms with Crippen molar-refractivity contribution in [2.45, 2.75) is 37.3 Å². The molecule has 1 aromatic rings. The molecule has 0 aromatic carbocycles. The van der Waals surface area contributed by atoms with Crippen LogP contribution in [0.15, 0.2) is 6.20 Å². The normalized spacial score (nSPS) is 24.1. The van der Waals surface area contributed by atoms with Gasteiger partial charge in [0.1, 0.15) is 0 Å². The minimum absolute atomic E-state index is 0.0187. The predicted molar refractivity (Wildman–Crippen MR) is 80.3 cm³/mol. The summed E-state index contributed by atoms with van der Waals surface area (Å²) in [7, 11) is 3.63. The summed E-state index contributed by atoms with van der Waals surface area (Å²) >= 11 is 0. The van der Waals surface area contributed by atoms with Crippen molar-refractivity contribution in [1.82, 2.24) is 14.7 Å². The van der Waals surface area contributed by atoms with Crippen molar-refractivity contribution in [2.24, 2.45) is 12.8 Å². The first-order valence-electron chi connectivity index (χ1n) is 7.83. The Bertz CT molecular complexity index is 476. The van der Waals surface area contributed by atoms with Gasteiger partial charge >= 0.3 is 0 Å². The molecule has 0 amide bonds. The van der Waals surface area contributed by atoms with Gasteiger partial charge in [-0.1, -0.05) is 12.8 Å². The first kappa shape index (κ1) is 14.8. The van der Waals surface area contributed by atoms with Crippen LogP contribution in [0.4, 0.5) is 0 Å². The second-order valence-corrected chi connectivity index (χ2v) is 6.11. The van der Waals surface area contributed by atoms with Crippen LogP contribution in [-0.4, -0.2) is 53.6 Å². The number of morpholine rings is 1. The molecular weight excluding hydrogens is 268 g/mol. The second-order valence-electron chi connectivity index (χ2n) is 6.11. The van der Waals surface area contributed by atoms with Crippen molar-refractivity contribution in [3.8, 4) is 5.75 Å². The summed E-state index contributed by atoms with van der Waals surface area (Å²) < 4.78 is 12.9. The standard InChI is InChI=1S/C15H26N4O2/c1-18-13(12(20-2)11-17-18)14(16)15(5-3-4-6-15)19-7-9-21-10-8-19/h11,14H,3-10,16H2,1-2H3. The maximum absolute atomic E-state index is 6.76. The van der Waals surface area contributed by atoms with E-state index in [2.05, 4.69) is 10.00 Å². The van der Waals surface area contributed by atoms with Gasteiger partial charge < -0.3 is 15.2 Å². The number of rotatable bonds is 4. The molecule has 2 N–H and O–H groups in total. The van der Waals surface area contributed by atoms with Crippen LogP contribution in [-0.2, 0) is 11.8 Å². The van der Waals surface area contributed by atoms with Gasteiger partial charge in [0.2, 0.25) is 0 Å². The summed E-state index contributed by atoms with van der Waals surface area (Å²) in [6.45, 7) is 3.54. The van der Waals surface area contributed by atoms with Crippen LogP contribution in [0.1, 0.15) is 37.4 Å². The van der Waals surface area contributed by atoms with Gasteiger partial charge in [0.25, 0.3) is 0 Å². The van der Waals surface area contributed by atoms with Crippen LogP contribution >= 0.6 is 0 Å². The fourth-order valence-electron chi connectivity index (χ4n) is 4.01. The second kappa shape index (κ2) is 5.94. The lowest BCUT2D eigenvalue weighted by atomic mass is 9.84. The number of nitrogens with two attached hydrogens (primary N) is 1. The van der Waals surface area contributed by atoms with Crippen molar-refractivity contribution in [2.75, 3.05) is 33.4 Å². The van der Waals surface area contributed by atoms with E-state index in [1.54, 1.807) is 13.3 Å². The van der Waals surface area contributed by atoms with E-state index in [9.17, 15) is 0 Å². The predicted octanol–water partition coefficient (Wildman–Crippen LogP) is 1.07. The number of aryl methyl sites for hydroxylation is 1. The first-order valence-corrected chi connectivity index (χ1v) is 7.83. The summed E-state index contributed by atoms with van der Waals surface area (Å²) in [5.74, 6) is 0.796. The lowest BCUT2D eigenvalue weighted by Gasteiger charge is -2.47. The van der Waals surface area contributed by atoms with Crippen LogP contribution in [0.3, 0.4) is 0 Å². The lowest BCUT2D eigenvalue weighted by molar-refractivity contribution is -0.0322. The molecule has 1 aliphatic carbocycles. The summed E-state index contributed by atoms with van der Waals surface area (Å²) in [5.41, 5.74) is 7.79. The Kier molecular flexibility index (Phi) is 4.19. The zero-order valence-corrected chi connectivity index (χ0v) is 13.0. The van der Waals surface area contributed by atoms with Gasteiger partial charge in [0, 0.05) is 25.7 Å². The molecule has 0 spiro atoms. The highest BCUT2D eigenvalue weighted by atomic mass is 16.5. The Morgan fingerprint density at radius 2 is 2.00 bits per heavy atom. The van der Waals surface area contributed by atoms with Crippen molar-refractivity contribution in [1.29, 1.82) is 0 Å². The number of aromatic nitrogens is 2. The third-order valence-electron chi connectivity index (χ3n) is 5.15. The quantitative estimate of drug-likeness (QED) is 0.900. The first-order chi connectivity index (χ1) is 10.2. The summed E-state index contributed by atoms with van der Waals surface area (Å²) in [5, 5.41) is 4.32. The monoisotopic (exact) mass is 294 g/mol. The highest BCUT2D eigenvalue weighted by Gasteiger charge is 2.47. The molecule has 1 saturated carbocycles. The van der Waals surface area contributed by atoms with E-state index < -0.39 is 0 Å². The van der Waals surface area contributed by atoms with E-state index >= 15 is 0 Å². The number of hydrogen-bond acceptors (Lipinski definition) is 5. The third-order valence-corrected chi connectivity index (χ3v) is 5.15. The molecule has 0 bridgehead atoms. The Morgan fingerprint density at radius 3 is 2.62 bits per heavy atom. The number of ether oxygens (including phenoxy) is 2. The van der Waals surface area contributed by atoms with E-state index in [1.165, 1.54) is 12.8 Å². The Hall–Kier alpha value is -1.11. The molecule has 1 unspecified atom stereocenters. The van der Waals surface area contributed by atoms with Crippen LogP contribution in [0.2, 0.25) is 0 Å². The highest BCUT2D eigenvalue weighted by Crippen LogP contribution is 2.45. The van der Waals surface area contributed by atoms with Gasteiger partial charge in [0.05, 0.1) is 38.3 Å². The summed E-state index contributed by atoms with van der Waals surface area (Å²) in [6, 6.07) is -0.0828. The van der Waals surface area contributed by atoms with Crippen LogP contribution < -0.4 is 10.5 Å². The van der Waals surface area contributed by atoms with Crippen molar-refractivity contribution < 1.29 is 9.47 Å². The lowest BCUT2D eigenvalue weighted by Crippen LogP contribution is -2.57. The average Bonchev–Trinajstić information content (AvgIpc) is 3.15. The summed E-state index contributed by atoms with van der Waals surface area (Å²) in [4.78, 5) is 2.54. The van der Waals surface area contributed by atoms with E-state index in [-0.39, 0.29) is 11.6 Å². The van der Waals surface area contributed by atoms with Crippen molar-refractivity contribution in [3.05, 3.63) is 11.9 Å². The Labute approximate surface area is 126 Å². The molecule has 118 valence electrons. The molecular formula is C15H26N4O2. The fourth-order valence-corrected chi connectivity index (χ4v) is 4.01. The molecule has 2 fully saturated rings. The molecule has 1 atom stereocenters. The van der Waals surface area contributed by atoms with Crippen molar-refractivity contribution in [3.63, 3.8) is 0 Å². The van der Waals surface area contributed by atoms with Gasteiger partial charge in [0.15, 0.2) is 5.75 Å². The van der Waals surface area contributed by atoms with Crippen LogP contribution in [0.5, 0.6) is 5.75 Å². The average molecular weight is 294 g/mol. The molecule has 1 aromatic heterocycles. The van der Waals surface area contributed by atoms with Gasteiger partial charge in [-0.2, -0.15) is 5.10 Å². The summed E-state index contributed by atoms with van der Waals surface area (Å²) in [6.07, 6.45) is 6.53. The molecule has 6 heteroatoms. The van der Waals surface area contributed by atoms with E-state index in [0.717, 1.165) is 50.6 Å². The maximum Gasteiger partial charge on any atom is 0.161 e. The Morgan fingerprint density at radius 1 is 1.33 bits per heavy atom. The Balaban J connectivity index is 1.94. The van der Waals surface area contributed by atoms with Crippen molar-refractivity contribution >= 4 is 0 Å². The van der Waals surface area contributed by atoms with E-state index in [1.807, 2.05) is 11.7 Å². The van der Waals surface area contributed by atoms with Crippen LogP contribution in [0.25, 0.3) is 0 Å². The zero-order chi connectivity index (χ0) is 14.9. The highest BCUT2D eigenvalue weighted by molar-refractivity contribution is 5.31. The van der Waals surface area contributed by atoms with Gasteiger partial charge in [-0.05, 0) is 12.8 Å². The fraction of sp³-hybridized carbons (Fsp3) is 0.800. The van der Waals surface area contributed by atoms with Gasteiger partial charge in [-0.3, -0.25) is 9.58 Å². The minimum Gasteiger partial charge on any atom is -0.493 e. The van der Waals surface area contributed by atoms with E-state index in [0.29, 0.717) is 0 Å². The van der Waals surface area contributed by atoms with E-state index in [4.69, 9.17) is 15.2 Å². The number of nitrogens with zero attached hydrogens (tertiary/aromatic N) is 3. The molecule has 3 rings (SSSR count). The van der Waals surface area contributed by atoms with Crippen LogP contribution in [0, 0.1) is 0 Å². The molecule has 0 radical (unpaired) electrons. The smallest absolute Gasteiger partial charge is 0.161 e. The molecule has 2 heterocycles. The topological polar surface area (TPSA) is 65.5 Å². The molecule has 2 aliphatic rings.